The van der Waals surface area contributed by atoms with Crippen molar-refractivity contribution >= 4 is 5.91 Å². The Hall–Kier alpha value is -1.53. The van der Waals surface area contributed by atoms with Crippen LogP contribution in [0.25, 0.3) is 0 Å². The number of aromatic nitrogens is 1. The number of pyridine rings is 1. The van der Waals surface area contributed by atoms with Crippen LogP contribution in [-0.4, -0.2) is 30.6 Å². The molecule has 0 saturated heterocycles. The van der Waals surface area contributed by atoms with E-state index in [2.05, 4.69) is 10.3 Å². The lowest BCUT2D eigenvalue weighted by Crippen LogP contribution is -2.26. The van der Waals surface area contributed by atoms with Crippen LogP contribution < -0.4 is 11.1 Å². The number of ether oxygens (including phenoxy) is 1. The van der Waals surface area contributed by atoms with Crippen molar-refractivity contribution in [3.63, 3.8) is 0 Å². The second-order valence-corrected chi connectivity index (χ2v) is 3.60. The minimum atomic E-state index is -0.488. The molecule has 5 nitrogen and oxygen atoms in total. The lowest BCUT2D eigenvalue weighted by atomic mass is 10.2. The van der Waals surface area contributed by atoms with E-state index < -0.39 is 5.91 Å². The normalized spacial score (nSPS) is 12.4. The van der Waals surface area contributed by atoms with Gasteiger partial charge < -0.3 is 15.8 Å². The number of carbonyl (C=O) groups is 1. The van der Waals surface area contributed by atoms with Crippen LogP contribution in [0.5, 0.6) is 0 Å². The fourth-order valence-corrected chi connectivity index (χ4v) is 1.27. The number of rotatable bonds is 7. The Labute approximate surface area is 99.2 Å². The SMILES string of the molecule is CC(NCCOCC(N)=O)c1ccc(F)cn1. The number of halogens is 1. The van der Waals surface area contributed by atoms with Crippen molar-refractivity contribution < 1.29 is 13.9 Å². The van der Waals surface area contributed by atoms with E-state index in [9.17, 15) is 9.18 Å². The first-order valence-corrected chi connectivity index (χ1v) is 5.30. The first kappa shape index (κ1) is 13.5. The number of amides is 1. The molecule has 3 N–H and O–H groups in total. The van der Waals surface area contributed by atoms with Gasteiger partial charge in [-0.05, 0) is 19.1 Å². The van der Waals surface area contributed by atoms with Gasteiger partial charge in [0.2, 0.25) is 5.91 Å². The van der Waals surface area contributed by atoms with E-state index in [0.29, 0.717) is 13.2 Å². The maximum Gasteiger partial charge on any atom is 0.243 e. The van der Waals surface area contributed by atoms with Crippen LogP contribution in [0.2, 0.25) is 0 Å². The number of nitrogens with zero attached hydrogens (tertiary/aromatic N) is 1. The van der Waals surface area contributed by atoms with Crippen LogP contribution in [0.3, 0.4) is 0 Å². The Balaban J connectivity index is 2.23. The standard InChI is InChI=1S/C11H16FN3O2/c1-8(10-3-2-9(12)6-15-10)14-4-5-17-7-11(13)16/h2-3,6,8,14H,4-5,7H2,1H3,(H2,13,16). The summed E-state index contributed by atoms with van der Waals surface area (Å²) in [5, 5.41) is 3.13. The predicted octanol–water partition coefficient (Wildman–Crippen LogP) is 0.373. The lowest BCUT2D eigenvalue weighted by Gasteiger charge is -2.12. The molecule has 1 rings (SSSR count). The maximum absolute atomic E-state index is 12.6. The van der Waals surface area contributed by atoms with Crippen LogP contribution in [0.1, 0.15) is 18.7 Å². The van der Waals surface area contributed by atoms with E-state index in [0.717, 1.165) is 5.69 Å². The molecule has 94 valence electrons. The molecule has 0 fully saturated rings. The molecule has 6 heteroatoms. The third-order valence-corrected chi connectivity index (χ3v) is 2.14. The Morgan fingerprint density at radius 2 is 2.41 bits per heavy atom. The van der Waals surface area contributed by atoms with Gasteiger partial charge in [0, 0.05) is 12.6 Å². The summed E-state index contributed by atoms with van der Waals surface area (Å²) in [4.78, 5) is 14.3. The maximum atomic E-state index is 12.6. The van der Waals surface area contributed by atoms with Crippen molar-refractivity contribution in [2.75, 3.05) is 19.8 Å². The summed E-state index contributed by atoms with van der Waals surface area (Å²) in [6.07, 6.45) is 1.18. The number of primary amides is 1. The van der Waals surface area contributed by atoms with Gasteiger partial charge in [0.25, 0.3) is 0 Å². The number of nitrogens with one attached hydrogen (secondary N) is 1. The average molecular weight is 241 g/mol. The zero-order valence-corrected chi connectivity index (χ0v) is 9.65. The monoisotopic (exact) mass is 241 g/mol. The molecule has 0 bridgehead atoms. The molecule has 0 aromatic carbocycles. The Bertz CT molecular complexity index is 356. The fraction of sp³-hybridized carbons (Fsp3) is 0.455. The fourth-order valence-electron chi connectivity index (χ4n) is 1.27. The van der Waals surface area contributed by atoms with Crippen molar-refractivity contribution in [2.24, 2.45) is 5.73 Å². The van der Waals surface area contributed by atoms with Crippen LogP contribution in [0, 0.1) is 5.82 Å². The minimum Gasteiger partial charge on any atom is -0.370 e. The summed E-state index contributed by atoms with van der Waals surface area (Å²) < 4.78 is 17.6. The van der Waals surface area contributed by atoms with Crippen molar-refractivity contribution in [1.82, 2.24) is 10.3 Å². The van der Waals surface area contributed by atoms with Crippen molar-refractivity contribution in [3.05, 3.63) is 29.8 Å². The molecule has 1 aromatic rings. The average Bonchev–Trinajstić information content (AvgIpc) is 2.29. The third-order valence-electron chi connectivity index (χ3n) is 2.14. The van der Waals surface area contributed by atoms with E-state index in [1.54, 1.807) is 6.07 Å². The number of carbonyl (C=O) groups excluding carboxylic acids is 1. The molecule has 1 aromatic heterocycles. The molecule has 1 amide bonds. The molecular formula is C11H16FN3O2. The smallest absolute Gasteiger partial charge is 0.243 e. The number of nitrogens with two attached hydrogens (primary N) is 1. The molecule has 1 atom stereocenters. The highest BCUT2D eigenvalue weighted by atomic mass is 19.1. The van der Waals surface area contributed by atoms with Gasteiger partial charge in [0.15, 0.2) is 0 Å². The Morgan fingerprint density at radius 1 is 1.65 bits per heavy atom. The van der Waals surface area contributed by atoms with E-state index in [1.165, 1.54) is 12.3 Å². The van der Waals surface area contributed by atoms with Gasteiger partial charge in [0.1, 0.15) is 12.4 Å². The third kappa shape index (κ3) is 5.37. The predicted molar refractivity (Wildman–Crippen MR) is 60.6 cm³/mol. The summed E-state index contributed by atoms with van der Waals surface area (Å²) in [6, 6.07) is 2.98. The van der Waals surface area contributed by atoms with Gasteiger partial charge >= 0.3 is 0 Å². The van der Waals surface area contributed by atoms with E-state index in [1.807, 2.05) is 6.92 Å². The minimum absolute atomic E-state index is 0.00669. The number of hydrogen-bond acceptors (Lipinski definition) is 4. The lowest BCUT2D eigenvalue weighted by molar-refractivity contribution is -0.122. The topological polar surface area (TPSA) is 77.2 Å². The molecular weight excluding hydrogens is 225 g/mol. The molecule has 0 radical (unpaired) electrons. The highest BCUT2D eigenvalue weighted by Crippen LogP contribution is 2.08. The van der Waals surface area contributed by atoms with Crippen molar-refractivity contribution in [1.29, 1.82) is 0 Å². The van der Waals surface area contributed by atoms with Crippen LogP contribution in [0.15, 0.2) is 18.3 Å². The van der Waals surface area contributed by atoms with E-state index in [4.69, 9.17) is 10.5 Å². The van der Waals surface area contributed by atoms with Crippen LogP contribution >= 0.6 is 0 Å². The summed E-state index contributed by atoms with van der Waals surface area (Å²) in [5.74, 6) is -0.844. The summed E-state index contributed by atoms with van der Waals surface area (Å²) in [6.45, 7) is 2.78. The van der Waals surface area contributed by atoms with Crippen LogP contribution in [0.4, 0.5) is 4.39 Å². The molecule has 1 unspecified atom stereocenters. The molecule has 17 heavy (non-hydrogen) atoms. The van der Waals surface area contributed by atoms with Gasteiger partial charge in [-0.2, -0.15) is 0 Å². The molecule has 0 aliphatic carbocycles. The zero-order valence-electron chi connectivity index (χ0n) is 9.65. The molecule has 0 aliphatic rings. The quantitative estimate of drug-likeness (QED) is 0.676. The molecule has 0 aliphatic heterocycles. The summed E-state index contributed by atoms with van der Waals surface area (Å²) >= 11 is 0. The van der Waals surface area contributed by atoms with Crippen molar-refractivity contribution in [3.8, 4) is 0 Å². The second-order valence-electron chi connectivity index (χ2n) is 3.60. The summed E-state index contributed by atoms with van der Waals surface area (Å²) in [5.41, 5.74) is 5.66. The second kappa shape index (κ2) is 6.93. The van der Waals surface area contributed by atoms with Gasteiger partial charge in [-0.25, -0.2) is 4.39 Å². The summed E-state index contributed by atoms with van der Waals surface area (Å²) in [7, 11) is 0. The first-order chi connectivity index (χ1) is 8.09. The molecule has 0 spiro atoms. The van der Waals surface area contributed by atoms with E-state index in [-0.39, 0.29) is 18.5 Å². The Morgan fingerprint density at radius 3 is 3.00 bits per heavy atom. The highest BCUT2D eigenvalue weighted by molar-refractivity contribution is 5.74. The number of hydrogen-bond donors (Lipinski definition) is 2. The van der Waals surface area contributed by atoms with Gasteiger partial charge in [-0.3, -0.25) is 9.78 Å². The Kier molecular flexibility index (Phi) is 5.51. The van der Waals surface area contributed by atoms with E-state index >= 15 is 0 Å². The first-order valence-electron chi connectivity index (χ1n) is 5.30. The zero-order chi connectivity index (χ0) is 12.7. The van der Waals surface area contributed by atoms with Crippen LogP contribution in [-0.2, 0) is 9.53 Å². The molecule has 0 saturated carbocycles. The van der Waals surface area contributed by atoms with Gasteiger partial charge in [0.05, 0.1) is 18.5 Å². The van der Waals surface area contributed by atoms with Gasteiger partial charge in [-0.1, -0.05) is 0 Å². The highest BCUT2D eigenvalue weighted by Gasteiger charge is 2.05. The molecule has 1 heterocycles. The van der Waals surface area contributed by atoms with Crippen molar-refractivity contribution in [2.45, 2.75) is 13.0 Å². The largest absolute Gasteiger partial charge is 0.370 e. The van der Waals surface area contributed by atoms with Gasteiger partial charge in [-0.15, -0.1) is 0 Å².